The van der Waals surface area contributed by atoms with Gasteiger partial charge in [-0.25, -0.2) is 4.98 Å². The van der Waals surface area contributed by atoms with Crippen molar-refractivity contribution in [1.82, 2.24) is 4.98 Å². The summed E-state index contributed by atoms with van der Waals surface area (Å²) in [7, 11) is 0. The van der Waals surface area contributed by atoms with Gasteiger partial charge in [-0.1, -0.05) is 55.7 Å². The molecule has 0 fully saturated rings. The number of fused-ring (bicyclic) bond motifs is 2. The van der Waals surface area contributed by atoms with Crippen LogP contribution in [0.2, 0.25) is 5.02 Å². The third-order valence-corrected chi connectivity index (χ3v) is 5.59. The number of aliphatic hydroxyl groups is 1. The van der Waals surface area contributed by atoms with Gasteiger partial charge in [0.2, 0.25) is 0 Å². The molecule has 0 spiro atoms. The highest BCUT2D eigenvalue weighted by molar-refractivity contribution is 6.31. The number of aliphatic hydroxyl groups excluding tert-OH is 1. The van der Waals surface area contributed by atoms with E-state index in [2.05, 4.69) is 39.0 Å². The van der Waals surface area contributed by atoms with Crippen LogP contribution in [0, 0.1) is 0 Å². The van der Waals surface area contributed by atoms with Crippen LogP contribution >= 0.6 is 11.6 Å². The first-order valence-electron chi connectivity index (χ1n) is 10.7. The van der Waals surface area contributed by atoms with Gasteiger partial charge in [0.15, 0.2) is 0 Å². The Kier molecular flexibility index (Phi) is 7.50. The van der Waals surface area contributed by atoms with Gasteiger partial charge in [-0.15, -0.1) is 0 Å². The topological polar surface area (TPSA) is 42.4 Å². The van der Waals surface area contributed by atoms with Crippen molar-refractivity contribution < 1.29 is 9.84 Å². The number of allylic oxidation sites excluding steroid dienone is 1. The van der Waals surface area contributed by atoms with E-state index in [-0.39, 0.29) is 6.10 Å². The van der Waals surface area contributed by atoms with E-state index >= 15 is 0 Å². The van der Waals surface area contributed by atoms with Gasteiger partial charge in [0.1, 0.15) is 5.60 Å². The number of benzene rings is 1. The highest BCUT2D eigenvalue weighted by Gasteiger charge is 2.34. The predicted octanol–water partition coefficient (Wildman–Crippen LogP) is 6.51. The fraction of sp³-hybridized carbons (Fsp3) is 0.480. The van der Waals surface area contributed by atoms with Crippen LogP contribution in [0.1, 0.15) is 64.1 Å². The maximum atomic E-state index is 10.3. The van der Waals surface area contributed by atoms with Crippen LogP contribution in [0.5, 0.6) is 0 Å². The molecule has 29 heavy (non-hydrogen) atoms. The third-order valence-electron chi connectivity index (χ3n) is 5.36. The molecule has 156 valence electrons. The Bertz CT molecular complexity index is 888. The SMILES string of the molecule is CCCCC/C=C\CC(O)/C=C/C1Cc2cc3cc(Cl)ccc3nc2C(C)(C)O1. The van der Waals surface area contributed by atoms with Crippen molar-refractivity contribution in [3.63, 3.8) is 0 Å². The Morgan fingerprint density at radius 3 is 2.90 bits per heavy atom. The lowest BCUT2D eigenvalue weighted by molar-refractivity contribution is -0.0700. The average Bonchev–Trinajstić information content (AvgIpc) is 2.67. The highest BCUT2D eigenvalue weighted by Crippen LogP contribution is 2.36. The van der Waals surface area contributed by atoms with Crippen LogP contribution < -0.4 is 0 Å². The van der Waals surface area contributed by atoms with Gasteiger partial charge in [-0.2, -0.15) is 0 Å². The number of ether oxygens (including phenoxy) is 1. The summed E-state index contributed by atoms with van der Waals surface area (Å²) in [6.07, 6.45) is 13.7. The van der Waals surface area contributed by atoms with E-state index in [1.807, 2.05) is 30.4 Å². The predicted molar refractivity (Wildman–Crippen MR) is 121 cm³/mol. The minimum Gasteiger partial charge on any atom is -0.389 e. The summed E-state index contributed by atoms with van der Waals surface area (Å²) in [5.41, 5.74) is 2.60. The standard InChI is InChI=1S/C25H32ClNO2/c1-4-5-6-7-8-9-10-21(28)12-13-22-17-19-15-18-16-20(26)11-14-23(18)27-24(19)25(2,3)29-22/h8-9,11-16,21-22,28H,4-7,10,17H2,1-3H3/b9-8-,13-12+. The number of rotatable bonds is 8. The molecule has 0 radical (unpaired) electrons. The number of hydrogen-bond donors (Lipinski definition) is 1. The summed E-state index contributed by atoms with van der Waals surface area (Å²) in [5, 5.41) is 12.0. The molecule has 0 saturated heterocycles. The van der Waals surface area contributed by atoms with Crippen molar-refractivity contribution in [1.29, 1.82) is 0 Å². The van der Waals surface area contributed by atoms with Gasteiger partial charge in [0, 0.05) is 16.8 Å². The summed E-state index contributed by atoms with van der Waals surface area (Å²) in [5.74, 6) is 0. The molecule has 2 aromatic rings. The molecule has 0 bridgehead atoms. The summed E-state index contributed by atoms with van der Waals surface area (Å²) < 4.78 is 6.29. The van der Waals surface area contributed by atoms with Crippen molar-refractivity contribution in [2.45, 2.75) is 77.1 Å². The van der Waals surface area contributed by atoms with Gasteiger partial charge < -0.3 is 9.84 Å². The van der Waals surface area contributed by atoms with E-state index in [1.165, 1.54) is 24.8 Å². The molecule has 3 nitrogen and oxygen atoms in total. The van der Waals surface area contributed by atoms with Crippen molar-refractivity contribution in [2.75, 3.05) is 0 Å². The molecule has 4 heteroatoms. The quantitative estimate of drug-likeness (QED) is 0.396. The smallest absolute Gasteiger partial charge is 0.105 e. The molecule has 0 amide bonds. The van der Waals surface area contributed by atoms with E-state index in [0.29, 0.717) is 11.4 Å². The lowest BCUT2D eigenvalue weighted by Crippen LogP contribution is -2.36. The molecule has 1 aromatic heterocycles. The van der Waals surface area contributed by atoms with Crippen molar-refractivity contribution >= 4 is 22.5 Å². The van der Waals surface area contributed by atoms with Gasteiger partial charge in [0.05, 0.1) is 23.4 Å². The molecule has 1 aliphatic heterocycles. The maximum absolute atomic E-state index is 10.3. The largest absolute Gasteiger partial charge is 0.389 e. The minimum absolute atomic E-state index is 0.0842. The molecule has 0 aliphatic carbocycles. The number of aromatic nitrogens is 1. The van der Waals surface area contributed by atoms with Gasteiger partial charge in [-0.3, -0.25) is 0 Å². The van der Waals surface area contributed by atoms with Crippen molar-refractivity contribution in [2.24, 2.45) is 0 Å². The first kappa shape index (κ1) is 22.0. The highest BCUT2D eigenvalue weighted by atomic mass is 35.5. The second-order valence-electron chi connectivity index (χ2n) is 8.36. The first-order valence-corrected chi connectivity index (χ1v) is 11.1. The van der Waals surface area contributed by atoms with E-state index in [1.54, 1.807) is 0 Å². The second kappa shape index (κ2) is 9.88. The normalized spacial score (nSPS) is 19.8. The Labute approximate surface area is 179 Å². The van der Waals surface area contributed by atoms with E-state index in [9.17, 15) is 5.11 Å². The first-order chi connectivity index (χ1) is 13.9. The molecule has 1 N–H and O–H groups in total. The Balaban J connectivity index is 1.66. The molecule has 1 aliphatic rings. The fourth-order valence-electron chi connectivity index (χ4n) is 3.86. The molecular weight excluding hydrogens is 382 g/mol. The van der Waals surface area contributed by atoms with Crippen LogP contribution in [0.15, 0.2) is 48.6 Å². The zero-order chi connectivity index (χ0) is 20.9. The van der Waals surface area contributed by atoms with Crippen molar-refractivity contribution in [3.05, 3.63) is 64.8 Å². The number of nitrogens with zero attached hydrogens (tertiary/aromatic N) is 1. The van der Waals surface area contributed by atoms with Gasteiger partial charge in [0.25, 0.3) is 0 Å². The van der Waals surface area contributed by atoms with Crippen LogP contribution in [0.25, 0.3) is 10.9 Å². The monoisotopic (exact) mass is 413 g/mol. The van der Waals surface area contributed by atoms with E-state index in [4.69, 9.17) is 21.3 Å². The second-order valence-corrected chi connectivity index (χ2v) is 8.80. The Morgan fingerprint density at radius 2 is 2.10 bits per heavy atom. The molecule has 1 aromatic carbocycles. The summed E-state index contributed by atoms with van der Waals surface area (Å²) in [4.78, 5) is 4.84. The molecule has 2 atom stereocenters. The maximum Gasteiger partial charge on any atom is 0.105 e. The van der Waals surface area contributed by atoms with Crippen LogP contribution in [-0.4, -0.2) is 22.3 Å². The van der Waals surface area contributed by atoms with Gasteiger partial charge in [-0.05, 0) is 62.9 Å². The lowest BCUT2D eigenvalue weighted by atomic mass is 9.90. The van der Waals surface area contributed by atoms with Crippen LogP contribution in [0.3, 0.4) is 0 Å². The molecule has 3 rings (SSSR count). The summed E-state index contributed by atoms with van der Waals surface area (Å²) in [6.45, 7) is 6.31. The fourth-order valence-corrected chi connectivity index (χ4v) is 4.04. The molecule has 2 heterocycles. The van der Waals surface area contributed by atoms with Crippen LogP contribution in [0.4, 0.5) is 0 Å². The number of unbranched alkanes of at least 4 members (excludes halogenated alkanes) is 3. The van der Waals surface area contributed by atoms with E-state index in [0.717, 1.165) is 29.4 Å². The number of halogens is 1. The zero-order valence-electron chi connectivity index (χ0n) is 17.7. The van der Waals surface area contributed by atoms with E-state index < -0.39 is 11.7 Å². The van der Waals surface area contributed by atoms with Crippen LogP contribution in [-0.2, 0) is 16.8 Å². The molecular formula is C25H32ClNO2. The Hall–Kier alpha value is -1.68. The molecule has 0 saturated carbocycles. The summed E-state index contributed by atoms with van der Waals surface area (Å²) in [6, 6.07) is 7.94. The Morgan fingerprint density at radius 1 is 1.28 bits per heavy atom. The third kappa shape index (κ3) is 5.91. The number of pyridine rings is 1. The summed E-state index contributed by atoms with van der Waals surface area (Å²) >= 11 is 6.15. The molecule has 2 unspecified atom stereocenters. The lowest BCUT2D eigenvalue weighted by Gasteiger charge is -2.36. The number of hydrogen-bond acceptors (Lipinski definition) is 3. The zero-order valence-corrected chi connectivity index (χ0v) is 18.5. The van der Waals surface area contributed by atoms with Crippen molar-refractivity contribution in [3.8, 4) is 0 Å². The van der Waals surface area contributed by atoms with Gasteiger partial charge >= 0.3 is 0 Å². The average molecular weight is 414 g/mol. The minimum atomic E-state index is -0.487.